The molecule has 0 saturated heterocycles. The maximum atomic E-state index is 13.1. The molecule has 11 heteroatoms. The van der Waals surface area contributed by atoms with E-state index in [9.17, 15) is 31.4 Å². The Morgan fingerprint density at radius 2 is 1.44 bits per heavy atom. The Bertz CT molecular complexity index is 818. The second kappa shape index (κ2) is 6.66. The van der Waals surface area contributed by atoms with E-state index in [4.69, 9.17) is 39.5 Å². The fraction of sp³-hybridized carbons (Fsp3) is 0.143. The van der Waals surface area contributed by atoms with Gasteiger partial charge < -0.3 is 9.84 Å². The Morgan fingerprint density at radius 1 is 0.840 bits per heavy atom. The molecule has 0 saturated carbocycles. The number of phenols is 1. The van der Waals surface area contributed by atoms with E-state index in [0.717, 1.165) is 6.07 Å². The van der Waals surface area contributed by atoms with Crippen molar-refractivity contribution in [1.29, 1.82) is 0 Å². The van der Waals surface area contributed by atoms with Crippen molar-refractivity contribution >= 4 is 34.8 Å². The van der Waals surface area contributed by atoms with Crippen LogP contribution in [0.25, 0.3) is 0 Å². The average Bonchev–Trinajstić information content (AvgIpc) is 2.47. The van der Waals surface area contributed by atoms with Crippen LogP contribution in [0.4, 0.5) is 26.3 Å². The predicted octanol–water partition coefficient (Wildman–Crippen LogP) is 7.18. The number of phenolic OH excluding ortho intramolecular Hbond substituents is 1. The minimum atomic E-state index is -4.96. The minimum Gasteiger partial charge on any atom is -0.505 e. The van der Waals surface area contributed by atoms with Crippen LogP contribution in [0.2, 0.25) is 15.1 Å². The van der Waals surface area contributed by atoms with Gasteiger partial charge in [0.2, 0.25) is 0 Å². The van der Waals surface area contributed by atoms with E-state index in [0.29, 0.717) is 18.2 Å². The van der Waals surface area contributed by atoms with Gasteiger partial charge in [0.15, 0.2) is 11.5 Å². The zero-order valence-electron chi connectivity index (χ0n) is 11.6. The van der Waals surface area contributed by atoms with Crippen molar-refractivity contribution in [1.82, 2.24) is 0 Å². The van der Waals surface area contributed by atoms with E-state index in [1.54, 1.807) is 0 Å². The van der Waals surface area contributed by atoms with E-state index in [1.165, 1.54) is 0 Å². The molecule has 2 aromatic rings. The summed E-state index contributed by atoms with van der Waals surface area (Å²) in [4.78, 5) is 0. The lowest BCUT2D eigenvalue weighted by Crippen LogP contribution is -2.08. The summed E-state index contributed by atoms with van der Waals surface area (Å²) < 4.78 is 82.0. The summed E-state index contributed by atoms with van der Waals surface area (Å²) in [6.07, 6.45) is -9.66. The van der Waals surface area contributed by atoms with Gasteiger partial charge in [-0.15, -0.1) is 0 Å². The Morgan fingerprint density at radius 3 is 1.92 bits per heavy atom. The lowest BCUT2D eigenvalue weighted by atomic mass is 10.1. The molecule has 1 N–H and O–H groups in total. The zero-order valence-corrected chi connectivity index (χ0v) is 13.8. The molecule has 0 aliphatic carbocycles. The molecule has 0 bridgehead atoms. The van der Waals surface area contributed by atoms with Crippen molar-refractivity contribution in [2.45, 2.75) is 12.4 Å². The third-order valence-corrected chi connectivity index (χ3v) is 3.86. The smallest absolute Gasteiger partial charge is 0.420 e. The van der Waals surface area contributed by atoms with Crippen LogP contribution in [0.1, 0.15) is 11.1 Å². The van der Waals surface area contributed by atoms with Crippen LogP contribution in [0.3, 0.4) is 0 Å². The maximum absolute atomic E-state index is 13.1. The highest BCUT2D eigenvalue weighted by Crippen LogP contribution is 2.49. The number of ether oxygens (including phenoxy) is 1. The van der Waals surface area contributed by atoms with Crippen LogP contribution >= 0.6 is 34.8 Å². The lowest BCUT2D eigenvalue weighted by molar-refractivity contribution is -0.138. The Balaban J connectivity index is 2.56. The van der Waals surface area contributed by atoms with Crippen molar-refractivity contribution in [3.63, 3.8) is 0 Å². The van der Waals surface area contributed by atoms with Gasteiger partial charge in [-0.05, 0) is 24.3 Å². The van der Waals surface area contributed by atoms with Gasteiger partial charge in [0.25, 0.3) is 0 Å². The van der Waals surface area contributed by atoms with Crippen LogP contribution in [0.5, 0.6) is 17.2 Å². The Labute approximate surface area is 151 Å². The molecule has 2 aromatic carbocycles. The van der Waals surface area contributed by atoms with E-state index in [-0.39, 0.29) is 0 Å². The van der Waals surface area contributed by atoms with Gasteiger partial charge >= 0.3 is 12.4 Å². The summed E-state index contributed by atoms with van der Waals surface area (Å²) in [5.41, 5.74) is -2.55. The third-order valence-electron chi connectivity index (χ3n) is 2.93. The van der Waals surface area contributed by atoms with Gasteiger partial charge in [0, 0.05) is 0 Å². The highest BCUT2D eigenvalue weighted by atomic mass is 35.5. The molecule has 2 nitrogen and oxygen atoms in total. The van der Waals surface area contributed by atoms with Crippen LogP contribution in [-0.2, 0) is 12.4 Å². The second-order valence-corrected chi connectivity index (χ2v) is 5.83. The SMILES string of the molecule is Oc1c(Cl)cc(C(F)(F)F)c(Oc2ccc(C(F)(F)F)cc2Cl)c1Cl. The number of rotatable bonds is 2. The molecule has 0 fully saturated rings. The highest BCUT2D eigenvalue weighted by Gasteiger charge is 2.38. The van der Waals surface area contributed by atoms with Crippen molar-refractivity contribution in [3.8, 4) is 17.2 Å². The molecule has 0 aliphatic rings. The highest BCUT2D eigenvalue weighted by molar-refractivity contribution is 6.38. The fourth-order valence-corrected chi connectivity index (χ4v) is 2.48. The molecule has 136 valence electrons. The molecule has 0 unspecified atom stereocenters. The molecule has 0 spiro atoms. The molecule has 0 amide bonds. The summed E-state index contributed by atoms with van der Waals surface area (Å²) in [5.74, 6) is -2.45. The first-order chi connectivity index (χ1) is 11.3. The van der Waals surface area contributed by atoms with Gasteiger partial charge in [0.05, 0.1) is 15.6 Å². The number of benzene rings is 2. The van der Waals surface area contributed by atoms with E-state index >= 15 is 0 Å². The molecule has 2 rings (SSSR count). The largest absolute Gasteiger partial charge is 0.505 e. The predicted molar refractivity (Wildman–Crippen MR) is 79.7 cm³/mol. The van der Waals surface area contributed by atoms with E-state index in [2.05, 4.69) is 0 Å². The summed E-state index contributed by atoms with van der Waals surface area (Å²) in [5, 5.41) is 7.44. The molecule has 0 atom stereocenters. The molecule has 0 heterocycles. The molecule has 0 radical (unpaired) electrons. The minimum absolute atomic E-state index is 0.371. The molecule has 0 aliphatic heterocycles. The Kier molecular flexibility index (Phi) is 5.28. The standard InChI is InChI=1S/C14H5Cl3F6O2/c15-7-3-5(13(18,19)20)1-2-9(7)25-12-6(14(21,22)23)4-8(16)11(24)10(12)17/h1-4,24H. The molecular weight excluding hydrogens is 420 g/mol. The number of hydrogen-bond acceptors (Lipinski definition) is 2. The third kappa shape index (κ3) is 4.19. The van der Waals surface area contributed by atoms with Gasteiger partial charge in [-0.1, -0.05) is 34.8 Å². The van der Waals surface area contributed by atoms with Crippen LogP contribution < -0.4 is 4.74 Å². The monoisotopic (exact) mass is 424 g/mol. The van der Waals surface area contributed by atoms with Crippen molar-refractivity contribution in [2.24, 2.45) is 0 Å². The quantitative estimate of drug-likeness (QED) is 0.516. The first-order valence-electron chi connectivity index (χ1n) is 6.15. The summed E-state index contributed by atoms with van der Waals surface area (Å²) in [6, 6.07) is 2.15. The first-order valence-corrected chi connectivity index (χ1v) is 7.28. The lowest BCUT2D eigenvalue weighted by Gasteiger charge is -2.18. The second-order valence-electron chi connectivity index (χ2n) is 4.64. The number of aromatic hydroxyl groups is 1. The maximum Gasteiger partial charge on any atom is 0.420 e. The van der Waals surface area contributed by atoms with Crippen molar-refractivity contribution in [3.05, 3.63) is 50.5 Å². The molecule has 0 aromatic heterocycles. The number of halogens is 9. The number of alkyl halides is 6. The van der Waals surface area contributed by atoms with Crippen LogP contribution in [-0.4, -0.2) is 5.11 Å². The summed E-state index contributed by atoms with van der Waals surface area (Å²) >= 11 is 16.7. The topological polar surface area (TPSA) is 29.5 Å². The van der Waals surface area contributed by atoms with Crippen molar-refractivity contribution < 1.29 is 36.2 Å². The van der Waals surface area contributed by atoms with E-state index < -0.39 is 55.8 Å². The van der Waals surface area contributed by atoms with Gasteiger partial charge in [-0.3, -0.25) is 0 Å². The number of hydrogen-bond donors (Lipinski definition) is 1. The zero-order chi connectivity index (χ0) is 19.2. The van der Waals surface area contributed by atoms with Crippen molar-refractivity contribution in [2.75, 3.05) is 0 Å². The first kappa shape index (κ1) is 19.8. The Hall–Kier alpha value is -1.51. The van der Waals surface area contributed by atoms with Gasteiger partial charge in [-0.2, -0.15) is 26.3 Å². The van der Waals surface area contributed by atoms with E-state index in [1.807, 2.05) is 0 Å². The van der Waals surface area contributed by atoms with Crippen LogP contribution in [0, 0.1) is 0 Å². The van der Waals surface area contributed by atoms with Gasteiger partial charge in [-0.25, -0.2) is 0 Å². The van der Waals surface area contributed by atoms with Gasteiger partial charge in [0.1, 0.15) is 16.3 Å². The summed E-state index contributed by atoms with van der Waals surface area (Å²) in [6.45, 7) is 0. The molecular formula is C14H5Cl3F6O2. The average molecular weight is 426 g/mol. The normalized spacial score (nSPS) is 12.4. The van der Waals surface area contributed by atoms with Crippen LogP contribution in [0.15, 0.2) is 24.3 Å². The molecule has 25 heavy (non-hydrogen) atoms. The summed E-state index contributed by atoms with van der Waals surface area (Å²) in [7, 11) is 0. The fourth-order valence-electron chi connectivity index (χ4n) is 1.77.